The van der Waals surface area contributed by atoms with Gasteiger partial charge in [0.25, 0.3) is 0 Å². The van der Waals surface area contributed by atoms with Crippen LogP contribution in [0.25, 0.3) is 33.2 Å². The molecule has 0 unspecified atom stereocenters. The van der Waals surface area contributed by atoms with Gasteiger partial charge in [0.15, 0.2) is 0 Å². The minimum absolute atomic E-state index is 0.130. The third-order valence-electron chi connectivity index (χ3n) is 3.37. The molecular weight excluding hydrogens is 287 g/mol. The Morgan fingerprint density at radius 3 is 2.90 bits per heavy atom. The smallest absolute Gasteiger partial charge is 0.139 e. The highest BCUT2D eigenvalue weighted by Gasteiger charge is 2.08. The number of H-pyrrole nitrogens is 1. The number of nitrogens with zero attached hydrogens (tertiary/aromatic N) is 3. The van der Waals surface area contributed by atoms with Gasteiger partial charge in [0.1, 0.15) is 22.8 Å². The van der Waals surface area contributed by atoms with Crippen LogP contribution in [-0.4, -0.2) is 19.9 Å². The Labute approximate surface area is 123 Å². The van der Waals surface area contributed by atoms with Crippen LogP contribution in [-0.2, 0) is 0 Å². The third kappa shape index (κ3) is 2.04. The fraction of sp³-hybridized carbons (Fsp3) is 0. The molecule has 0 spiro atoms. The Morgan fingerprint density at radius 1 is 1.05 bits per heavy atom. The molecule has 0 saturated heterocycles. The van der Waals surface area contributed by atoms with Gasteiger partial charge in [0, 0.05) is 34.9 Å². The zero-order chi connectivity index (χ0) is 14.2. The van der Waals surface area contributed by atoms with Crippen molar-refractivity contribution in [1.82, 2.24) is 19.9 Å². The summed E-state index contributed by atoms with van der Waals surface area (Å²) in [5, 5.41) is 2.40. The number of hydrogen-bond donors (Lipinski definition) is 1. The molecule has 1 N–H and O–H groups in total. The second-order valence-corrected chi connectivity index (χ2v) is 5.17. The van der Waals surface area contributed by atoms with Crippen LogP contribution >= 0.6 is 12.1 Å². The summed E-state index contributed by atoms with van der Waals surface area (Å²) in [6.07, 6.45) is 5.14. The number of halogens is 1. The second kappa shape index (κ2) is 4.82. The maximum atomic E-state index is 12.6. The number of fused-ring (bicyclic) bond motifs is 3. The molecule has 21 heavy (non-hydrogen) atoms. The molecule has 4 nitrogen and oxygen atoms in total. The Hall–Kier alpha value is -2.47. The molecule has 0 aromatic carbocycles. The lowest BCUT2D eigenvalue weighted by molar-refractivity contribution is 0.919. The van der Waals surface area contributed by atoms with Crippen molar-refractivity contribution >= 4 is 34.1 Å². The van der Waals surface area contributed by atoms with Crippen LogP contribution in [0.1, 0.15) is 0 Å². The lowest BCUT2D eigenvalue weighted by atomic mass is 10.1. The van der Waals surface area contributed by atoms with E-state index >= 15 is 0 Å². The van der Waals surface area contributed by atoms with Crippen molar-refractivity contribution in [3.63, 3.8) is 0 Å². The van der Waals surface area contributed by atoms with Crippen LogP contribution in [0.2, 0.25) is 0 Å². The normalized spacial score (nSPS) is 11.3. The molecule has 0 aliphatic heterocycles. The van der Waals surface area contributed by atoms with Gasteiger partial charge >= 0.3 is 0 Å². The first-order valence-electron chi connectivity index (χ1n) is 6.32. The summed E-state index contributed by atoms with van der Waals surface area (Å²) < 4.78 is 12.6. The average Bonchev–Trinajstić information content (AvgIpc) is 2.92. The molecule has 6 heteroatoms. The van der Waals surface area contributed by atoms with Crippen molar-refractivity contribution in [3.05, 3.63) is 48.9 Å². The lowest BCUT2D eigenvalue weighted by Gasteiger charge is -2.01. The Balaban J connectivity index is 1.92. The van der Waals surface area contributed by atoms with Gasteiger partial charge in [-0.1, -0.05) is 0 Å². The summed E-state index contributed by atoms with van der Waals surface area (Å²) in [6, 6.07) is 9.34. The molecule has 0 radical (unpaired) electrons. The minimum Gasteiger partial charge on any atom is -0.339 e. The van der Waals surface area contributed by atoms with Gasteiger partial charge in [-0.15, -0.1) is 0 Å². The van der Waals surface area contributed by atoms with Crippen molar-refractivity contribution in [3.8, 4) is 11.3 Å². The first-order chi connectivity index (χ1) is 10.3. The van der Waals surface area contributed by atoms with Crippen molar-refractivity contribution in [2.45, 2.75) is 5.03 Å². The molecule has 102 valence electrons. The van der Waals surface area contributed by atoms with Gasteiger partial charge in [0.05, 0.1) is 11.2 Å². The van der Waals surface area contributed by atoms with Crippen LogP contribution in [0.3, 0.4) is 0 Å². The maximum absolute atomic E-state index is 12.6. The average molecular weight is 296 g/mol. The molecule has 0 aliphatic carbocycles. The monoisotopic (exact) mass is 296 g/mol. The quantitative estimate of drug-likeness (QED) is 0.603. The highest BCUT2D eigenvalue weighted by Crippen LogP contribution is 2.27. The molecule has 4 aromatic heterocycles. The van der Waals surface area contributed by atoms with Crippen molar-refractivity contribution in [1.29, 1.82) is 0 Å². The molecule has 4 heterocycles. The Kier molecular flexibility index (Phi) is 2.82. The molecule has 0 fully saturated rings. The van der Waals surface area contributed by atoms with Crippen LogP contribution in [0.4, 0.5) is 3.89 Å². The predicted molar refractivity (Wildman–Crippen MR) is 81.6 cm³/mol. The van der Waals surface area contributed by atoms with E-state index in [0.717, 1.165) is 33.2 Å². The molecule has 0 amide bonds. The second-order valence-electron chi connectivity index (χ2n) is 4.60. The maximum Gasteiger partial charge on any atom is 0.139 e. The fourth-order valence-corrected chi connectivity index (χ4v) is 2.66. The van der Waals surface area contributed by atoms with Crippen molar-refractivity contribution in [2.75, 3.05) is 0 Å². The molecule has 4 rings (SSSR count). The Bertz CT molecular complexity index is 951. The van der Waals surface area contributed by atoms with Crippen molar-refractivity contribution in [2.24, 2.45) is 0 Å². The number of rotatable bonds is 2. The summed E-state index contributed by atoms with van der Waals surface area (Å²) in [4.78, 5) is 15.9. The van der Waals surface area contributed by atoms with Gasteiger partial charge in [-0.25, -0.2) is 9.97 Å². The van der Waals surface area contributed by atoms with E-state index in [1.807, 2.05) is 30.5 Å². The van der Waals surface area contributed by atoms with E-state index in [9.17, 15) is 3.89 Å². The van der Waals surface area contributed by atoms with Crippen LogP contribution in [0, 0.1) is 0 Å². The van der Waals surface area contributed by atoms with Gasteiger partial charge in [-0.3, -0.25) is 4.98 Å². The zero-order valence-corrected chi connectivity index (χ0v) is 11.6. The first kappa shape index (κ1) is 12.3. The van der Waals surface area contributed by atoms with Crippen LogP contribution in [0.5, 0.6) is 0 Å². The van der Waals surface area contributed by atoms with Gasteiger partial charge in [-0.05, 0) is 30.3 Å². The molecule has 0 saturated carbocycles. The molecule has 4 aromatic rings. The van der Waals surface area contributed by atoms with E-state index < -0.39 is 0 Å². The van der Waals surface area contributed by atoms with E-state index in [1.54, 1.807) is 18.5 Å². The van der Waals surface area contributed by atoms with Gasteiger partial charge in [0.2, 0.25) is 0 Å². The highest BCUT2D eigenvalue weighted by molar-refractivity contribution is 7.94. The summed E-state index contributed by atoms with van der Waals surface area (Å²) >= 11 is 0.130. The number of hydrogen-bond acceptors (Lipinski definition) is 4. The minimum atomic E-state index is 0.130. The van der Waals surface area contributed by atoms with Crippen molar-refractivity contribution < 1.29 is 3.89 Å². The predicted octanol–water partition coefficient (Wildman–Crippen LogP) is 4.15. The van der Waals surface area contributed by atoms with E-state index in [1.165, 1.54) is 0 Å². The number of nitrogens with one attached hydrogen (secondary N) is 1. The highest BCUT2D eigenvalue weighted by atomic mass is 32.2. The van der Waals surface area contributed by atoms with E-state index in [4.69, 9.17) is 0 Å². The molecular formula is C15H9FN4S. The van der Waals surface area contributed by atoms with E-state index in [0.29, 0.717) is 5.03 Å². The van der Waals surface area contributed by atoms with Gasteiger partial charge in [-0.2, -0.15) is 3.89 Å². The molecule has 0 aliphatic rings. The zero-order valence-electron chi connectivity index (χ0n) is 10.7. The number of pyridine rings is 3. The standard InChI is InChI=1S/C15H9FN4S/c16-21-14-7-9(3-6-18-14)12-2-1-10-11-8-17-5-4-13(11)20-15(10)19-12/h1-8H,(H,19,20). The summed E-state index contributed by atoms with van der Waals surface area (Å²) in [5.41, 5.74) is 3.41. The fourth-order valence-electron chi connectivity index (χ4n) is 2.39. The number of aromatic amines is 1. The SMILES string of the molecule is FSc1cc(-c2ccc3c(n2)[nH]c2ccncc23)ccn1. The van der Waals surface area contributed by atoms with Gasteiger partial charge < -0.3 is 4.98 Å². The summed E-state index contributed by atoms with van der Waals surface area (Å²) in [7, 11) is 0. The lowest BCUT2D eigenvalue weighted by Crippen LogP contribution is -1.86. The summed E-state index contributed by atoms with van der Waals surface area (Å²) in [6.45, 7) is 0. The van der Waals surface area contributed by atoms with E-state index in [-0.39, 0.29) is 12.1 Å². The first-order valence-corrected chi connectivity index (χ1v) is 7.04. The van der Waals surface area contributed by atoms with E-state index in [2.05, 4.69) is 19.9 Å². The largest absolute Gasteiger partial charge is 0.339 e. The number of aromatic nitrogens is 4. The van der Waals surface area contributed by atoms with Crippen LogP contribution < -0.4 is 0 Å². The topological polar surface area (TPSA) is 54.5 Å². The third-order valence-corrected chi connectivity index (χ3v) is 3.75. The Morgan fingerprint density at radius 2 is 2.00 bits per heavy atom. The van der Waals surface area contributed by atoms with Crippen LogP contribution in [0.15, 0.2) is 53.9 Å². The molecule has 0 bridgehead atoms. The summed E-state index contributed by atoms with van der Waals surface area (Å²) in [5.74, 6) is 0. The molecule has 0 atom stereocenters.